The molecular formula is C18H18N4O4S. The van der Waals surface area contributed by atoms with Crippen LogP contribution in [0.2, 0.25) is 0 Å². The first-order chi connectivity index (χ1) is 13.0. The number of pyridine rings is 1. The first-order valence-electron chi connectivity index (χ1n) is 8.14. The molecular weight excluding hydrogens is 368 g/mol. The summed E-state index contributed by atoms with van der Waals surface area (Å²) in [6, 6.07) is 11.4. The van der Waals surface area contributed by atoms with E-state index in [1.54, 1.807) is 0 Å². The van der Waals surface area contributed by atoms with E-state index < -0.39 is 17.0 Å². The lowest BCUT2D eigenvalue weighted by Gasteiger charge is -2.11. The highest BCUT2D eigenvalue weighted by molar-refractivity contribution is 7.99. The normalized spacial score (nSPS) is 11.0. The molecule has 3 rings (SSSR count). The van der Waals surface area contributed by atoms with Crippen LogP contribution >= 0.6 is 11.8 Å². The number of methoxy groups -OCH3 is 1. The van der Waals surface area contributed by atoms with Gasteiger partial charge < -0.3 is 10.5 Å². The number of carbonyl (C=O) groups is 1. The summed E-state index contributed by atoms with van der Waals surface area (Å²) in [4.78, 5) is 43.2. The molecule has 0 aliphatic heterocycles. The number of ether oxygens (including phenoxy) is 1. The summed E-state index contributed by atoms with van der Waals surface area (Å²) < 4.78 is 6.04. The number of aromatic amines is 1. The number of fused-ring (bicyclic) bond motifs is 1. The minimum absolute atomic E-state index is 0.0267. The number of rotatable bonds is 7. The Morgan fingerprint density at radius 2 is 2.04 bits per heavy atom. The van der Waals surface area contributed by atoms with Crippen molar-refractivity contribution in [3.05, 3.63) is 62.8 Å². The van der Waals surface area contributed by atoms with Crippen molar-refractivity contribution >= 4 is 34.3 Å². The van der Waals surface area contributed by atoms with Crippen LogP contribution in [0.15, 0.2) is 51.0 Å². The van der Waals surface area contributed by atoms with E-state index in [9.17, 15) is 14.4 Å². The number of nitrogens with zero attached hydrogens (tertiary/aromatic N) is 2. The summed E-state index contributed by atoms with van der Waals surface area (Å²) in [6.45, 7) is 0.358. The third-order valence-electron chi connectivity index (χ3n) is 3.96. The molecule has 0 spiro atoms. The summed E-state index contributed by atoms with van der Waals surface area (Å²) in [6.07, 6.45) is 0. The van der Waals surface area contributed by atoms with Crippen LogP contribution in [0.25, 0.3) is 10.9 Å². The van der Waals surface area contributed by atoms with Gasteiger partial charge in [-0.3, -0.25) is 19.1 Å². The van der Waals surface area contributed by atoms with E-state index in [1.165, 1.54) is 18.9 Å². The van der Waals surface area contributed by atoms with Crippen LogP contribution in [0.4, 0.5) is 5.82 Å². The molecule has 0 amide bonds. The number of nitrogen functional groups attached to an aromatic ring is 1. The number of nitrogens with one attached hydrogen (secondary N) is 1. The van der Waals surface area contributed by atoms with E-state index in [2.05, 4.69) is 9.97 Å². The summed E-state index contributed by atoms with van der Waals surface area (Å²) in [5, 5.41) is 1.66. The molecule has 0 fully saturated rings. The van der Waals surface area contributed by atoms with Crippen LogP contribution in [-0.4, -0.2) is 39.8 Å². The van der Waals surface area contributed by atoms with Crippen molar-refractivity contribution in [2.75, 3.05) is 25.2 Å². The topological polar surface area (TPSA) is 120 Å². The highest BCUT2D eigenvalue weighted by atomic mass is 32.2. The fourth-order valence-electron chi connectivity index (χ4n) is 2.60. The molecule has 3 aromatic rings. The zero-order chi connectivity index (χ0) is 19.4. The number of para-hydroxylation sites is 1. The predicted octanol–water partition coefficient (Wildman–Crippen LogP) is 1.29. The molecule has 0 saturated heterocycles. The molecule has 0 bridgehead atoms. The fourth-order valence-corrected chi connectivity index (χ4v) is 3.35. The Morgan fingerprint density at radius 1 is 1.26 bits per heavy atom. The van der Waals surface area contributed by atoms with E-state index in [4.69, 9.17) is 10.5 Å². The second-order valence-electron chi connectivity index (χ2n) is 5.72. The van der Waals surface area contributed by atoms with Crippen LogP contribution in [0.5, 0.6) is 0 Å². The van der Waals surface area contributed by atoms with E-state index in [1.807, 2.05) is 36.4 Å². The first-order valence-corrected chi connectivity index (χ1v) is 9.13. The van der Waals surface area contributed by atoms with Gasteiger partial charge in [-0.05, 0) is 12.1 Å². The molecule has 27 heavy (non-hydrogen) atoms. The largest absolute Gasteiger partial charge is 0.384 e. The molecule has 1 aromatic carbocycles. The van der Waals surface area contributed by atoms with Crippen molar-refractivity contribution in [2.45, 2.75) is 11.6 Å². The summed E-state index contributed by atoms with van der Waals surface area (Å²) >= 11 is 1.20. The van der Waals surface area contributed by atoms with Gasteiger partial charge in [0.15, 0.2) is 5.78 Å². The second kappa shape index (κ2) is 8.19. The van der Waals surface area contributed by atoms with Crippen molar-refractivity contribution in [3.63, 3.8) is 0 Å². The van der Waals surface area contributed by atoms with Gasteiger partial charge >= 0.3 is 5.69 Å². The molecule has 9 heteroatoms. The molecule has 0 unspecified atom stereocenters. The van der Waals surface area contributed by atoms with Crippen LogP contribution in [-0.2, 0) is 11.3 Å². The number of H-pyrrole nitrogens is 1. The minimum atomic E-state index is -0.789. The standard InChI is InChI=1S/C18H18N4O4S/c1-26-9-8-22-16(19)15(17(24)21-18(22)25)13(23)10-27-14-7-6-11-4-2-3-5-12(11)20-14/h2-7H,8-10,19H2,1H3,(H,21,24,25). The zero-order valence-electron chi connectivity index (χ0n) is 14.6. The molecule has 0 aliphatic rings. The van der Waals surface area contributed by atoms with Gasteiger partial charge in [-0.1, -0.05) is 36.0 Å². The molecule has 140 valence electrons. The Kier molecular flexibility index (Phi) is 5.72. The van der Waals surface area contributed by atoms with Crippen molar-refractivity contribution in [3.8, 4) is 0 Å². The molecule has 0 aliphatic carbocycles. The molecule has 2 aromatic heterocycles. The van der Waals surface area contributed by atoms with E-state index in [0.29, 0.717) is 5.03 Å². The third-order valence-corrected chi connectivity index (χ3v) is 4.89. The number of anilines is 1. The number of hydrogen-bond acceptors (Lipinski definition) is 7. The Morgan fingerprint density at radius 3 is 2.81 bits per heavy atom. The van der Waals surface area contributed by atoms with E-state index in [-0.39, 0.29) is 30.3 Å². The highest BCUT2D eigenvalue weighted by Crippen LogP contribution is 2.21. The van der Waals surface area contributed by atoms with Crippen molar-refractivity contribution in [2.24, 2.45) is 0 Å². The quantitative estimate of drug-likeness (QED) is 0.464. The van der Waals surface area contributed by atoms with Crippen LogP contribution in [0.1, 0.15) is 10.4 Å². The van der Waals surface area contributed by atoms with Crippen molar-refractivity contribution in [1.82, 2.24) is 14.5 Å². The molecule has 0 saturated carbocycles. The lowest BCUT2D eigenvalue weighted by Crippen LogP contribution is -2.37. The maximum absolute atomic E-state index is 12.6. The van der Waals surface area contributed by atoms with Crippen molar-refractivity contribution < 1.29 is 9.53 Å². The highest BCUT2D eigenvalue weighted by Gasteiger charge is 2.19. The van der Waals surface area contributed by atoms with Gasteiger partial charge in [0.05, 0.1) is 29.4 Å². The lowest BCUT2D eigenvalue weighted by molar-refractivity contribution is 0.102. The maximum Gasteiger partial charge on any atom is 0.330 e. The minimum Gasteiger partial charge on any atom is -0.384 e. The third kappa shape index (κ3) is 4.09. The van der Waals surface area contributed by atoms with E-state index in [0.717, 1.165) is 15.5 Å². The Bertz CT molecular complexity index is 1110. The number of nitrogens with two attached hydrogens (primary N) is 1. The van der Waals surface area contributed by atoms with Gasteiger partial charge in [0.1, 0.15) is 11.4 Å². The van der Waals surface area contributed by atoms with Gasteiger partial charge in [-0.25, -0.2) is 9.78 Å². The van der Waals surface area contributed by atoms with Crippen molar-refractivity contribution in [1.29, 1.82) is 0 Å². The van der Waals surface area contributed by atoms with Crippen LogP contribution < -0.4 is 17.0 Å². The predicted molar refractivity (Wildman–Crippen MR) is 104 cm³/mol. The average Bonchev–Trinajstić information content (AvgIpc) is 2.65. The summed E-state index contributed by atoms with van der Waals surface area (Å²) in [7, 11) is 1.48. The number of benzene rings is 1. The molecule has 0 radical (unpaired) electrons. The number of carbonyl (C=O) groups excluding carboxylic acids is 1. The smallest absolute Gasteiger partial charge is 0.330 e. The SMILES string of the molecule is COCCn1c(N)c(C(=O)CSc2ccc3ccccc3n2)c(=O)[nH]c1=O. The molecule has 2 heterocycles. The fraction of sp³-hybridized carbons (Fsp3) is 0.222. The maximum atomic E-state index is 12.6. The molecule has 3 N–H and O–H groups in total. The van der Waals surface area contributed by atoms with E-state index >= 15 is 0 Å². The Balaban J connectivity index is 1.82. The number of hydrogen-bond donors (Lipinski definition) is 2. The number of ketones is 1. The van der Waals surface area contributed by atoms with Gasteiger partial charge in [0, 0.05) is 12.5 Å². The lowest BCUT2D eigenvalue weighted by atomic mass is 10.2. The number of thioether (sulfide) groups is 1. The summed E-state index contributed by atoms with van der Waals surface area (Å²) in [5.41, 5.74) is 5.05. The number of aromatic nitrogens is 3. The van der Waals surface area contributed by atoms with Crippen LogP contribution in [0, 0.1) is 0 Å². The molecule has 8 nitrogen and oxygen atoms in total. The summed E-state index contributed by atoms with van der Waals surface area (Å²) in [5.74, 6) is -0.654. The zero-order valence-corrected chi connectivity index (χ0v) is 15.4. The van der Waals surface area contributed by atoms with Gasteiger partial charge in [0.2, 0.25) is 0 Å². The molecule has 0 atom stereocenters. The first kappa shape index (κ1) is 18.9. The van der Waals surface area contributed by atoms with Gasteiger partial charge in [-0.15, -0.1) is 0 Å². The number of Topliss-reactive ketones (excluding diaryl/α,β-unsaturated/α-hetero) is 1. The second-order valence-corrected chi connectivity index (χ2v) is 6.71. The monoisotopic (exact) mass is 386 g/mol. The van der Waals surface area contributed by atoms with Gasteiger partial charge in [-0.2, -0.15) is 0 Å². The average molecular weight is 386 g/mol. The van der Waals surface area contributed by atoms with Crippen LogP contribution in [0.3, 0.4) is 0 Å². The Hall–Kier alpha value is -2.91. The Labute approximate surface area is 158 Å². The van der Waals surface area contributed by atoms with Gasteiger partial charge in [0.25, 0.3) is 5.56 Å².